The summed E-state index contributed by atoms with van der Waals surface area (Å²) in [6, 6.07) is 6.91. The minimum absolute atomic E-state index is 0. The van der Waals surface area contributed by atoms with E-state index in [1.54, 1.807) is 24.9 Å². The Labute approximate surface area is 188 Å². The van der Waals surface area contributed by atoms with E-state index < -0.39 is 0 Å². The monoisotopic (exact) mass is 520 g/mol. The van der Waals surface area contributed by atoms with Gasteiger partial charge in [0.1, 0.15) is 5.82 Å². The second kappa shape index (κ2) is 13.0. The third kappa shape index (κ3) is 7.27. The van der Waals surface area contributed by atoms with Crippen LogP contribution in [-0.2, 0) is 18.8 Å². The van der Waals surface area contributed by atoms with E-state index in [0.29, 0.717) is 25.0 Å². The zero-order chi connectivity index (χ0) is 19.6. The molecule has 0 bridgehead atoms. The summed E-state index contributed by atoms with van der Waals surface area (Å²) in [7, 11) is 1.72. The van der Waals surface area contributed by atoms with Crippen LogP contribution < -0.4 is 10.6 Å². The number of hydrogen-bond acceptors (Lipinski definition) is 4. The van der Waals surface area contributed by atoms with Gasteiger partial charge in [0.15, 0.2) is 11.7 Å². The molecule has 8 heteroatoms. The number of nitrogens with zero attached hydrogens (tertiary/aromatic N) is 2. The van der Waals surface area contributed by atoms with Crippen LogP contribution in [0.2, 0.25) is 0 Å². The molecular weight excluding hydrogens is 490 g/mol. The van der Waals surface area contributed by atoms with E-state index in [1.165, 1.54) is 6.07 Å². The van der Waals surface area contributed by atoms with Crippen molar-refractivity contribution in [3.8, 4) is 0 Å². The molecule has 2 rings (SSSR count). The molecule has 2 aromatic rings. The molecule has 1 aromatic heterocycles. The number of aromatic nitrogens is 1. The summed E-state index contributed by atoms with van der Waals surface area (Å²) in [5.41, 5.74) is 3.06. The van der Waals surface area contributed by atoms with Gasteiger partial charge in [-0.05, 0) is 42.4 Å². The van der Waals surface area contributed by atoms with Crippen LogP contribution in [0.1, 0.15) is 55.2 Å². The summed E-state index contributed by atoms with van der Waals surface area (Å²) in [5, 5.41) is 10.7. The minimum atomic E-state index is -0.205. The quantitative estimate of drug-likeness (QED) is 0.275. The largest absolute Gasteiger partial charge is 0.359 e. The molecule has 1 aromatic carbocycles. The fraction of sp³-hybridized carbons (Fsp3) is 0.500. The van der Waals surface area contributed by atoms with Crippen LogP contribution in [0.3, 0.4) is 0 Å². The predicted molar refractivity (Wildman–Crippen MR) is 126 cm³/mol. The number of aliphatic imine (C=N–C) groups is 1. The molecule has 2 N–H and O–H groups in total. The number of benzene rings is 1. The summed E-state index contributed by atoms with van der Waals surface area (Å²) in [4.78, 5) is 4.24. The molecule has 0 spiro atoms. The molecule has 5 nitrogen and oxygen atoms in total. The summed E-state index contributed by atoms with van der Waals surface area (Å²) in [6.45, 7) is 5.40. The number of halogens is 2. The minimum Gasteiger partial charge on any atom is -0.359 e. The summed E-state index contributed by atoms with van der Waals surface area (Å²) in [5.74, 6) is 2.45. The van der Waals surface area contributed by atoms with E-state index in [0.717, 1.165) is 41.2 Å². The summed E-state index contributed by atoms with van der Waals surface area (Å²) in [6.07, 6.45) is 4.11. The van der Waals surface area contributed by atoms with Gasteiger partial charge in [-0.15, -0.1) is 24.0 Å². The van der Waals surface area contributed by atoms with Crippen molar-refractivity contribution in [2.45, 2.75) is 51.4 Å². The van der Waals surface area contributed by atoms with Crippen molar-refractivity contribution < 1.29 is 8.91 Å². The van der Waals surface area contributed by atoms with Gasteiger partial charge >= 0.3 is 0 Å². The van der Waals surface area contributed by atoms with Gasteiger partial charge in [-0.25, -0.2) is 4.39 Å². The molecule has 0 saturated heterocycles. The van der Waals surface area contributed by atoms with Gasteiger partial charge in [-0.3, -0.25) is 4.99 Å². The van der Waals surface area contributed by atoms with E-state index in [-0.39, 0.29) is 29.8 Å². The lowest BCUT2D eigenvalue weighted by atomic mass is 9.99. The highest BCUT2D eigenvalue weighted by atomic mass is 127. The fourth-order valence-corrected chi connectivity index (χ4v) is 3.52. The molecule has 156 valence electrons. The van der Waals surface area contributed by atoms with Crippen LogP contribution in [0.25, 0.3) is 0 Å². The van der Waals surface area contributed by atoms with Crippen molar-refractivity contribution >= 4 is 41.7 Å². The molecular formula is C20H30FIN4OS. The Kier molecular flexibility index (Phi) is 11.5. The fourth-order valence-electron chi connectivity index (χ4n) is 2.94. The van der Waals surface area contributed by atoms with Crippen LogP contribution in [0, 0.1) is 5.82 Å². The molecule has 0 aliphatic rings. The first-order valence-corrected chi connectivity index (χ1v) is 10.7. The van der Waals surface area contributed by atoms with Crippen LogP contribution >= 0.6 is 35.7 Å². The maximum Gasteiger partial charge on any atom is 0.191 e. The lowest BCUT2D eigenvalue weighted by molar-refractivity contribution is 0.368. The lowest BCUT2D eigenvalue weighted by Gasteiger charge is -2.13. The summed E-state index contributed by atoms with van der Waals surface area (Å²) >= 11 is 1.67. The Hall–Kier alpha value is -1.29. The standard InChI is InChI=1S/C20H29FN4OS.HI/c1-5-14(6-2)19-10-18(26-25-19)12-24-20(22-3)23-11-15-7-8-17(21)9-16(15)13-27-4;/h7-10,14H,5-6,11-13H2,1-4H3,(H2,22,23,24);1H. The molecule has 0 fully saturated rings. The Bertz CT molecular complexity index is 750. The highest BCUT2D eigenvalue weighted by Gasteiger charge is 2.13. The highest BCUT2D eigenvalue weighted by Crippen LogP contribution is 2.22. The third-order valence-electron chi connectivity index (χ3n) is 4.55. The number of thioether (sulfide) groups is 1. The predicted octanol–water partition coefficient (Wildman–Crippen LogP) is 5.06. The van der Waals surface area contributed by atoms with Crippen LogP contribution in [0.4, 0.5) is 4.39 Å². The van der Waals surface area contributed by atoms with Gasteiger partial charge in [0.05, 0.1) is 12.2 Å². The molecule has 0 aliphatic carbocycles. The smallest absolute Gasteiger partial charge is 0.191 e. The zero-order valence-electron chi connectivity index (χ0n) is 16.9. The Morgan fingerprint density at radius 1 is 1.18 bits per heavy atom. The second-order valence-electron chi connectivity index (χ2n) is 6.36. The number of nitrogens with one attached hydrogen (secondary N) is 2. The second-order valence-corrected chi connectivity index (χ2v) is 7.22. The molecule has 0 saturated carbocycles. The van der Waals surface area contributed by atoms with Gasteiger partial charge in [-0.2, -0.15) is 11.8 Å². The molecule has 0 amide bonds. The number of guanidine groups is 1. The first-order valence-electron chi connectivity index (χ1n) is 9.27. The van der Waals surface area contributed by atoms with E-state index in [2.05, 4.69) is 34.6 Å². The maximum atomic E-state index is 13.5. The van der Waals surface area contributed by atoms with E-state index in [1.807, 2.05) is 18.4 Å². The van der Waals surface area contributed by atoms with Crippen LogP contribution in [0.5, 0.6) is 0 Å². The van der Waals surface area contributed by atoms with Crippen molar-refractivity contribution in [2.24, 2.45) is 4.99 Å². The molecule has 0 unspecified atom stereocenters. The number of hydrogen-bond donors (Lipinski definition) is 2. The summed E-state index contributed by atoms with van der Waals surface area (Å²) < 4.78 is 18.9. The average molecular weight is 520 g/mol. The Morgan fingerprint density at radius 3 is 2.54 bits per heavy atom. The Morgan fingerprint density at radius 2 is 1.89 bits per heavy atom. The van der Waals surface area contributed by atoms with E-state index in [9.17, 15) is 4.39 Å². The van der Waals surface area contributed by atoms with Crippen molar-refractivity contribution in [1.29, 1.82) is 0 Å². The first-order chi connectivity index (χ1) is 13.1. The van der Waals surface area contributed by atoms with Crippen molar-refractivity contribution in [2.75, 3.05) is 13.3 Å². The van der Waals surface area contributed by atoms with Gasteiger partial charge in [-0.1, -0.05) is 25.1 Å². The van der Waals surface area contributed by atoms with Crippen molar-refractivity contribution in [3.05, 3.63) is 52.7 Å². The Balaban J connectivity index is 0.00000392. The van der Waals surface area contributed by atoms with Gasteiger partial charge < -0.3 is 15.2 Å². The van der Waals surface area contributed by atoms with Crippen LogP contribution in [0.15, 0.2) is 33.8 Å². The average Bonchev–Trinajstić information content (AvgIpc) is 3.13. The lowest BCUT2D eigenvalue weighted by Crippen LogP contribution is -2.36. The zero-order valence-corrected chi connectivity index (χ0v) is 20.1. The molecule has 0 aliphatic heterocycles. The van der Waals surface area contributed by atoms with Crippen molar-refractivity contribution in [1.82, 2.24) is 15.8 Å². The molecule has 28 heavy (non-hydrogen) atoms. The van der Waals surface area contributed by atoms with E-state index >= 15 is 0 Å². The first kappa shape index (κ1) is 24.7. The molecule has 0 radical (unpaired) electrons. The SMILES string of the molecule is CCC(CC)c1cc(CNC(=NC)NCc2ccc(F)cc2CSC)on1.I. The highest BCUT2D eigenvalue weighted by molar-refractivity contribution is 14.0. The molecule has 0 atom stereocenters. The maximum absolute atomic E-state index is 13.5. The topological polar surface area (TPSA) is 62.5 Å². The number of rotatable bonds is 9. The van der Waals surface area contributed by atoms with Gasteiger partial charge in [0, 0.05) is 31.3 Å². The normalized spacial score (nSPS) is 11.4. The van der Waals surface area contributed by atoms with E-state index in [4.69, 9.17) is 4.52 Å². The van der Waals surface area contributed by atoms with Gasteiger partial charge in [0.25, 0.3) is 0 Å². The van der Waals surface area contributed by atoms with Crippen molar-refractivity contribution in [3.63, 3.8) is 0 Å². The molecule has 1 heterocycles. The van der Waals surface area contributed by atoms with Gasteiger partial charge in [0.2, 0.25) is 0 Å². The third-order valence-corrected chi connectivity index (χ3v) is 5.15. The van der Waals surface area contributed by atoms with Crippen LogP contribution in [-0.4, -0.2) is 24.4 Å².